The Morgan fingerprint density at radius 3 is 0.781 bits per heavy atom. The van der Waals surface area contributed by atoms with Crippen LogP contribution >= 0.6 is 0 Å². The lowest BCUT2D eigenvalue weighted by molar-refractivity contribution is -0.294. The summed E-state index contributed by atoms with van der Waals surface area (Å²) in [6.07, 6.45) is -11.0. The Morgan fingerprint density at radius 1 is 0.253 bits per heavy atom. The molecule has 0 saturated carbocycles. The molecule has 48 nitrogen and oxygen atoms in total. The van der Waals surface area contributed by atoms with Crippen molar-refractivity contribution in [1.29, 1.82) is 0 Å². The lowest BCUT2D eigenvalue weighted by Gasteiger charge is -2.38. The highest BCUT2D eigenvalue weighted by atomic mass is 16.7. The molecule has 840 valence electrons. The topological polar surface area (TPSA) is 559 Å². The molecular weight excluding hydrogens is 1940 g/mol. The summed E-state index contributed by atoms with van der Waals surface area (Å²) in [7, 11) is 0. The number of carbonyl (C=O) groups is 5. The number of benzene rings is 3. The largest absolute Gasteiger partial charge is 0.484 e. The zero-order valence-electron chi connectivity index (χ0n) is 84.9. The number of hydrogen-bond donors (Lipinski definition) is 10. The van der Waals surface area contributed by atoms with Crippen LogP contribution in [-0.4, -0.2) is 518 Å². The maximum Gasteiger partial charge on any atom is 0.338 e. The minimum absolute atomic E-state index is 0.0520. The molecule has 3 aromatic carbocycles. The van der Waals surface area contributed by atoms with Crippen LogP contribution < -0.4 is 30.7 Å². The molecule has 3 aromatic rings. The zero-order chi connectivity index (χ0) is 104. The van der Waals surface area contributed by atoms with Crippen molar-refractivity contribution < 1.29 is 211 Å². The fraction of sp³-hybridized carbons (Fsp3) is 0.765. The molecule has 0 unspecified atom stereocenters. The van der Waals surface area contributed by atoms with E-state index in [9.17, 15) is 54.6 Å². The van der Waals surface area contributed by atoms with Gasteiger partial charge in [-0.1, -0.05) is 42.5 Å². The van der Waals surface area contributed by atoms with Gasteiger partial charge in [-0.15, -0.1) is 0 Å². The van der Waals surface area contributed by atoms with Crippen molar-refractivity contribution in [3.63, 3.8) is 0 Å². The molecule has 0 radical (unpaired) electrons. The molecule has 4 amide bonds. The molecule has 2 aliphatic rings. The van der Waals surface area contributed by atoms with Crippen molar-refractivity contribution >= 4 is 29.6 Å². The van der Waals surface area contributed by atoms with Crippen molar-refractivity contribution in [3.8, 4) is 22.6 Å². The minimum Gasteiger partial charge on any atom is -0.484 e. The van der Waals surface area contributed by atoms with E-state index < -0.39 is 73.3 Å². The summed E-state index contributed by atoms with van der Waals surface area (Å²) in [4.78, 5) is 62.9. The third-order valence-corrected chi connectivity index (χ3v) is 20.3. The molecule has 0 aliphatic carbocycles. The Labute approximate surface area is 855 Å². The lowest BCUT2D eigenvalue weighted by atomic mass is 10.0. The van der Waals surface area contributed by atoms with Gasteiger partial charge in [0.15, 0.2) is 25.8 Å². The third kappa shape index (κ3) is 70.3. The van der Waals surface area contributed by atoms with Crippen LogP contribution in [0.15, 0.2) is 72.8 Å². The Morgan fingerprint density at radius 2 is 0.500 bits per heavy atom. The molecule has 48 heteroatoms. The minimum atomic E-state index is -1.37. The summed E-state index contributed by atoms with van der Waals surface area (Å²) in [5.41, 5.74) is 2.33. The standard InChI is InChI=1S/C98H164N4O44/c1-78-90(107)92(109)94(111)97(145-78)140-70-68-118-20-14-99-86(103)12-18-114-24-28-120-32-36-124-40-44-128-48-52-132-56-60-136-64-66-138-62-58-134-54-50-130-46-42-126-38-34-122-30-26-116-22-16-101-88(105)76-142-84-10-8-81(9-11-84)82-72-83(96(113)144-75-80-6-4-3-5-7-80)74-85(73-82)143-77-89(106)102-17-23-117-27-31-123-35-39-127-43-47-131-51-55-135-59-63-139-67-65-137-61-57-133-53-49-129-45-41-125-37-33-121-29-25-115-19-13-87(104)100-15-21-119-69-71-141-98-95(112)93(110)91(108)79(2)146-98/h3-11,72-74,78-79,90-95,97-98,107-112H,12-71,75-77H2,1-2H3,(H,99,103)(H,100,104)(H,101,105)(H,102,106)/t78-,79-,90-,91-,92+,93+,94+,95+,97+,98+/m0/s1. The lowest BCUT2D eigenvalue weighted by Crippen LogP contribution is -2.57. The molecule has 2 aliphatic heterocycles. The van der Waals surface area contributed by atoms with E-state index in [4.69, 9.17) is 156 Å². The summed E-state index contributed by atoms with van der Waals surface area (Å²) in [5.74, 6) is -0.970. The van der Waals surface area contributed by atoms with E-state index in [0.29, 0.717) is 321 Å². The van der Waals surface area contributed by atoms with Gasteiger partial charge in [0.05, 0.1) is 375 Å². The SMILES string of the molecule is C[C@@H]1O[C@@H](OCCOCCNC(=O)CCOCCOCCOCCOCCOCCOCCOCCOCCOCCOCCOCCOCCNC(=O)COc2ccc(-c3cc(OCC(=O)NCCOCCOCCOCCOCCOCCOCCOCCOCCOCCOCCOCCOCCC(=O)NCCOCCO[C@@H]4O[C@@H](C)[C@H](O)[C@@H](O)[C@H]4O)cc(C(=O)OCc4ccccc4)c3)cc2)[C@H](O)[C@H](O)[C@H]1O. The third-order valence-electron chi connectivity index (χ3n) is 20.3. The highest BCUT2D eigenvalue weighted by Gasteiger charge is 2.43. The number of esters is 1. The van der Waals surface area contributed by atoms with Crippen LogP contribution in [0.2, 0.25) is 0 Å². The predicted molar refractivity (Wildman–Crippen MR) is 518 cm³/mol. The van der Waals surface area contributed by atoms with Gasteiger partial charge in [0.25, 0.3) is 11.8 Å². The van der Waals surface area contributed by atoms with Crippen molar-refractivity contribution in [2.75, 3.05) is 396 Å². The number of aliphatic hydroxyl groups is 6. The monoisotopic (exact) mass is 2100 g/mol. The fourth-order valence-corrected chi connectivity index (χ4v) is 12.5. The Hall–Kier alpha value is -6.83. The van der Waals surface area contributed by atoms with Crippen LogP contribution in [0.3, 0.4) is 0 Å². The number of amides is 4. The molecule has 0 spiro atoms. The van der Waals surface area contributed by atoms with Crippen LogP contribution in [0.5, 0.6) is 11.5 Å². The summed E-state index contributed by atoms with van der Waals surface area (Å²) in [6.45, 7) is 23.6. The highest BCUT2D eigenvalue weighted by molar-refractivity contribution is 5.92. The second-order valence-electron chi connectivity index (χ2n) is 31.8. The summed E-state index contributed by atoms with van der Waals surface area (Å²) in [5, 5.41) is 70.1. The van der Waals surface area contributed by atoms with Crippen molar-refractivity contribution in [3.05, 3.63) is 83.9 Å². The van der Waals surface area contributed by atoms with Gasteiger partial charge in [0, 0.05) is 39.0 Å². The molecule has 10 atom stereocenters. The van der Waals surface area contributed by atoms with E-state index in [1.165, 1.54) is 6.07 Å². The number of aliphatic hydroxyl groups excluding tert-OH is 6. The number of carbonyl (C=O) groups excluding carboxylic acids is 5. The van der Waals surface area contributed by atoms with Crippen molar-refractivity contribution in [2.24, 2.45) is 0 Å². The van der Waals surface area contributed by atoms with Crippen LogP contribution in [-0.2, 0) is 173 Å². The van der Waals surface area contributed by atoms with E-state index in [1.807, 2.05) is 30.3 Å². The highest BCUT2D eigenvalue weighted by Crippen LogP contribution is 2.30. The molecular formula is C98H164N4O44. The van der Waals surface area contributed by atoms with E-state index in [0.717, 1.165) is 5.56 Å². The molecule has 2 fully saturated rings. The number of hydrogen-bond acceptors (Lipinski definition) is 44. The van der Waals surface area contributed by atoms with Gasteiger partial charge in [0.2, 0.25) is 11.8 Å². The van der Waals surface area contributed by atoms with Crippen LogP contribution in [0, 0.1) is 0 Å². The van der Waals surface area contributed by atoms with Crippen molar-refractivity contribution in [1.82, 2.24) is 21.3 Å². The Bertz CT molecular complexity index is 3570. The quantitative estimate of drug-likeness (QED) is 0.0235. The summed E-state index contributed by atoms with van der Waals surface area (Å²) < 4.78 is 183. The predicted octanol–water partition coefficient (Wildman–Crippen LogP) is -1.17. The van der Waals surface area contributed by atoms with Crippen molar-refractivity contribution in [2.45, 2.75) is 94.7 Å². The second-order valence-corrected chi connectivity index (χ2v) is 31.8. The molecule has 2 saturated heterocycles. The molecule has 2 heterocycles. The van der Waals surface area contributed by atoms with E-state index in [-0.39, 0.29) is 141 Å². The van der Waals surface area contributed by atoms with Gasteiger partial charge in [-0.05, 0) is 60.9 Å². The van der Waals surface area contributed by atoms with Crippen LogP contribution in [0.25, 0.3) is 11.1 Å². The molecule has 0 bridgehead atoms. The number of ether oxygens (including phenoxy) is 33. The summed E-state index contributed by atoms with van der Waals surface area (Å²) in [6, 6.07) is 21.1. The van der Waals surface area contributed by atoms with Gasteiger partial charge >= 0.3 is 5.97 Å². The van der Waals surface area contributed by atoms with Gasteiger partial charge in [-0.2, -0.15) is 0 Å². The van der Waals surface area contributed by atoms with Gasteiger partial charge in [-0.3, -0.25) is 19.2 Å². The van der Waals surface area contributed by atoms with Crippen LogP contribution in [0.1, 0.15) is 42.6 Å². The smallest absolute Gasteiger partial charge is 0.338 e. The summed E-state index contributed by atoms with van der Waals surface area (Å²) >= 11 is 0. The zero-order valence-corrected chi connectivity index (χ0v) is 84.9. The van der Waals surface area contributed by atoms with Gasteiger partial charge < -0.3 is 208 Å². The molecule has 146 heavy (non-hydrogen) atoms. The van der Waals surface area contributed by atoms with Crippen LogP contribution in [0.4, 0.5) is 0 Å². The first kappa shape index (κ1) is 130. The molecule has 5 rings (SSSR count). The molecule has 0 aromatic heterocycles. The van der Waals surface area contributed by atoms with Gasteiger partial charge in [0.1, 0.15) is 54.7 Å². The first-order valence-corrected chi connectivity index (χ1v) is 50.0. The first-order valence-electron chi connectivity index (χ1n) is 50.0. The first-order chi connectivity index (χ1) is 71.6. The van der Waals surface area contributed by atoms with Gasteiger partial charge in [-0.25, -0.2) is 4.79 Å². The van der Waals surface area contributed by atoms with E-state index in [1.54, 1.807) is 50.2 Å². The second kappa shape index (κ2) is 91.9. The van der Waals surface area contributed by atoms with E-state index >= 15 is 0 Å². The average molecular weight is 2100 g/mol. The fourth-order valence-electron chi connectivity index (χ4n) is 12.5. The Kier molecular flexibility index (Phi) is 81.6. The maximum atomic E-state index is 13.4. The molecule has 10 N–H and O–H groups in total. The average Bonchev–Trinajstić information content (AvgIpc) is 0.820. The number of rotatable bonds is 102. The maximum absolute atomic E-state index is 13.4. The van der Waals surface area contributed by atoms with E-state index in [2.05, 4.69) is 21.3 Å². The normalized spacial score (nSPS) is 17.8. The Balaban J connectivity index is 0.701. The number of nitrogens with one attached hydrogen (secondary N) is 4.